The third-order valence-corrected chi connectivity index (χ3v) is 3.40. The fourth-order valence-electron chi connectivity index (χ4n) is 2.35. The van der Waals surface area contributed by atoms with E-state index < -0.39 is 0 Å². The van der Waals surface area contributed by atoms with Crippen LogP contribution in [-0.4, -0.2) is 20.2 Å². The molecule has 96 valence electrons. The van der Waals surface area contributed by atoms with E-state index in [-0.39, 0.29) is 0 Å². The zero-order valence-electron chi connectivity index (χ0n) is 10.7. The highest BCUT2D eigenvalue weighted by molar-refractivity contribution is 5.84. The van der Waals surface area contributed by atoms with Gasteiger partial charge in [0.15, 0.2) is 0 Å². The van der Waals surface area contributed by atoms with Crippen molar-refractivity contribution in [1.29, 1.82) is 0 Å². The molecule has 3 heterocycles. The molecule has 0 saturated carbocycles. The summed E-state index contributed by atoms with van der Waals surface area (Å²) in [6, 6.07) is 14.3. The lowest BCUT2D eigenvalue weighted by Gasteiger charge is -1.97. The Morgan fingerprint density at radius 3 is 2.85 bits per heavy atom. The van der Waals surface area contributed by atoms with Gasteiger partial charge < -0.3 is 4.98 Å². The minimum absolute atomic E-state index is 0.905. The van der Waals surface area contributed by atoms with Gasteiger partial charge >= 0.3 is 0 Å². The van der Waals surface area contributed by atoms with E-state index >= 15 is 0 Å². The molecule has 3 aromatic heterocycles. The summed E-state index contributed by atoms with van der Waals surface area (Å²) in [5, 5.41) is 8.64. The number of nitrogens with one attached hydrogen (secondary N) is 2. The normalized spacial score (nSPS) is 11.0. The summed E-state index contributed by atoms with van der Waals surface area (Å²) in [6.45, 7) is 0. The predicted molar refractivity (Wildman–Crippen MR) is 79.1 cm³/mol. The largest absolute Gasteiger partial charge is 0.361 e. The first-order valence-electron chi connectivity index (χ1n) is 6.43. The Hall–Kier alpha value is -2.88. The fraction of sp³-hybridized carbons (Fsp3) is 0. The highest BCUT2D eigenvalue weighted by atomic mass is 15.1. The molecule has 0 aliphatic carbocycles. The minimum Gasteiger partial charge on any atom is -0.361 e. The number of benzene rings is 1. The molecule has 4 heteroatoms. The van der Waals surface area contributed by atoms with Crippen LogP contribution >= 0.6 is 0 Å². The van der Waals surface area contributed by atoms with Crippen molar-refractivity contribution in [1.82, 2.24) is 20.2 Å². The number of pyridine rings is 1. The first kappa shape index (κ1) is 11.0. The van der Waals surface area contributed by atoms with E-state index in [1.165, 1.54) is 5.39 Å². The van der Waals surface area contributed by atoms with Crippen molar-refractivity contribution >= 4 is 10.9 Å². The van der Waals surface area contributed by atoms with Crippen LogP contribution in [0.2, 0.25) is 0 Å². The molecule has 1 aromatic carbocycles. The molecule has 20 heavy (non-hydrogen) atoms. The zero-order valence-corrected chi connectivity index (χ0v) is 10.7. The van der Waals surface area contributed by atoms with Crippen LogP contribution < -0.4 is 0 Å². The lowest BCUT2D eigenvalue weighted by molar-refractivity contribution is 1.10. The molecule has 0 bridgehead atoms. The summed E-state index contributed by atoms with van der Waals surface area (Å²) >= 11 is 0. The molecule has 4 aromatic rings. The molecular weight excluding hydrogens is 248 g/mol. The third-order valence-electron chi connectivity index (χ3n) is 3.40. The summed E-state index contributed by atoms with van der Waals surface area (Å²) in [7, 11) is 0. The van der Waals surface area contributed by atoms with Gasteiger partial charge in [-0.05, 0) is 36.4 Å². The molecule has 0 amide bonds. The van der Waals surface area contributed by atoms with Crippen molar-refractivity contribution in [3.05, 3.63) is 61.1 Å². The second kappa shape index (κ2) is 4.35. The standard InChI is InChI=1S/C16H12N4/c1-2-13(10-17-6-1)16-9-15(19-20-16)11-3-4-14-12(8-11)5-7-18-14/h1-10,18H,(H,19,20). The Balaban J connectivity index is 1.77. The van der Waals surface area contributed by atoms with Gasteiger partial charge in [0.1, 0.15) is 0 Å². The van der Waals surface area contributed by atoms with Gasteiger partial charge in [-0.3, -0.25) is 10.1 Å². The van der Waals surface area contributed by atoms with Crippen molar-refractivity contribution in [2.75, 3.05) is 0 Å². The molecule has 0 aliphatic heterocycles. The summed E-state index contributed by atoms with van der Waals surface area (Å²) in [5.74, 6) is 0. The highest BCUT2D eigenvalue weighted by Crippen LogP contribution is 2.25. The average Bonchev–Trinajstić information content (AvgIpc) is 3.16. The first-order chi connectivity index (χ1) is 9.90. The Morgan fingerprint density at radius 2 is 1.95 bits per heavy atom. The molecule has 0 fully saturated rings. The van der Waals surface area contributed by atoms with Crippen LogP contribution in [0.15, 0.2) is 61.1 Å². The minimum atomic E-state index is 0.905. The Bertz CT molecular complexity index is 858. The van der Waals surface area contributed by atoms with E-state index in [9.17, 15) is 0 Å². The molecule has 0 atom stereocenters. The van der Waals surface area contributed by atoms with Crippen molar-refractivity contribution in [2.24, 2.45) is 0 Å². The number of H-pyrrole nitrogens is 2. The van der Waals surface area contributed by atoms with E-state index in [4.69, 9.17) is 0 Å². The van der Waals surface area contributed by atoms with E-state index in [0.29, 0.717) is 0 Å². The van der Waals surface area contributed by atoms with E-state index in [1.807, 2.05) is 30.6 Å². The Kier molecular flexibility index (Phi) is 2.39. The summed E-state index contributed by atoms with van der Waals surface area (Å²) in [5.41, 5.74) is 5.19. The topological polar surface area (TPSA) is 57.4 Å². The highest BCUT2D eigenvalue weighted by Gasteiger charge is 2.06. The van der Waals surface area contributed by atoms with Gasteiger partial charge in [0.2, 0.25) is 0 Å². The lowest BCUT2D eigenvalue weighted by atomic mass is 10.1. The monoisotopic (exact) mass is 260 g/mol. The number of hydrogen-bond acceptors (Lipinski definition) is 2. The van der Waals surface area contributed by atoms with E-state index in [0.717, 1.165) is 28.0 Å². The van der Waals surface area contributed by atoms with Crippen LogP contribution in [-0.2, 0) is 0 Å². The van der Waals surface area contributed by atoms with Crippen molar-refractivity contribution in [2.45, 2.75) is 0 Å². The molecule has 2 N–H and O–H groups in total. The molecule has 0 radical (unpaired) electrons. The van der Waals surface area contributed by atoms with Crippen LogP contribution in [0.5, 0.6) is 0 Å². The maximum absolute atomic E-state index is 4.36. The number of aromatic amines is 2. The molecule has 0 unspecified atom stereocenters. The van der Waals surface area contributed by atoms with Gasteiger partial charge in [0.05, 0.1) is 11.4 Å². The van der Waals surface area contributed by atoms with Crippen LogP contribution in [0.1, 0.15) is 0 Å². The SMILES string of the molecule is c1cncc(-c2cc(-c3ccc4[nH]ccc4c3)[nH]n2)c1. The van der Waals surface area contributed by atoms with Gasteiger partial charge in [-0.15, -0.1) is 0 Å². The van der Waals surface area contributed by atoms with Crippen LogP contribution in [0.3, 0.4) is 0 Å². The van der Waals surface area contributed by atoms with E-state index in [2.05, 4.69) is 44.4 Å². The lowest BCUT2D eigenvalue weighted by Crippen LogP contribution is -1.78. The van der Waals surface area contributed by atoms with Crippen molar-refractivity contribution < 1.29 is 0 Å². The third kappa shape index (κ3) is 1.78. The maximum atomic E-state index is 4.36. The number of rotatable bonds is 2. The smallest absolute Gasteiger partial charge is 0.0942 e. The number of fused-ring (bicyclic) bond motifs is 1. The zero-order chi connectivity index (χ0) is 13.4. The first-order valence-corrected chi connectivity index (χ1v) is 6.43. The molecule has 4 nitrogen and oxygen atoms in total. The fourth-order valence-corrected chi connectivity index (χ4v) is 2.35. The Labute approximate surface area is 115 Å². The van der Waals surface area contributed by atoms with Crippen LogP contribution in [0.4, 0.5) is 0 Å². The summed E-state index contributed by atoms with van der Waals surface area (Å²) in [4.78, 5) is 7.31. The van der Waals surface area contributed by atoms with Gasteiger partial charge in [-0.25, -0.2) is 0 Å². The van der Waals surface area contributed by atoms with Crippen molar-refractivity contribution in [3.8, 4) is 22.5 Å². The maximum Gasteiger partial charge on any atom is 0.0942 e. The van der Waals surface area contributed by atoms with E-state index in [1.54, 1.807) is 6.20 Å². The van der Waals surface area contributed by atoms with Gasteiger partial charge in [0.25, 0.3) is 0 Å². The number of aromatic nitrogens is 4. The van der Waals surface area contributed by atoms with Gasteiger partial charge in [-0.1, -0.05) is 6.07 Å². The molecule has 0 spiro atoms. The van der Waals surface area contributed by atoms with Crippen LogP contribution in [0.25, 0.3) is 33.4 Å². The van der Waals surface area contributed by atoms with Crippen molar-refractivity contribution in [3.63, 3.8) is 0 Å². The second-order valence-corrected chi connectivity index (χ2v) is 4.69. The van der Waals surface area contributed by atoms with Gasteiger partial charge in [-0.2, -0.15) is 5.10 Å². The number of hydrogen-bond donors (Lipinski definition) is 2. The Morgan fingerprint density at radius 1 is 0.950 bits per heavy atom. The molecular formula is C16H12N4. The summed E-state index contributed by atoms with van der Waals surface area (Å²) in [6.07, 6.45) is 5.52. The molecule has 0 saturated heterocycles. The van der Waals surface area contributed by atoms with Crippen LogP contribution in [0, 0.1) is 0 Å². The second-order valence-electron chi connectivity index (χ2n) is 4.69. The quantitative estimate of drug-likeness (QED) is 0.578. The average molecular weight is 260 g/mol. The van der Waals surface area contributed by atoms with Gasteiger partial charge in [0, 0.05) is 40.6 Å². The number of nitrogens with zero attached hydrogens (tertiary/aromatic N) is 2. The molecule has 4 rings (SSSR count). The molecule has 0 aliphatic rings. The summed E-state index contributed by atoms with van der Waals surface area (Å²) < 4.78 is 0. The predicted octanol–water partition coefficient (Wildman–Crippen LogP) is 3.62.